The van der Waals surface area contributed by atoms with Crippen LogP contribution in [0.25, 0.3) is 0 Å². The maximum atomic E-state index is 5.88. The van der Waals surface area contributed by atoms with Crippen LogP contribution in [0.2, 0.25) is 0 Å². The van der Waals surface area contributed by atoms with Gasteiger partial charge in [-0.3, -0.25) is 0 Å². The molecule has 0 bridgehead atoms. The van der Waals surface area contributed by atoms with Gasteiger partial charge < -0.3 is 10.5 Å². The van der Waals surface area contributed by atoms with E-state index in [9.17, 15) is 0 Å². The van der Waals surface area contributed by atoms with Crippen molar-refractivity contribution in [3.8, 4) is 11.8 Å². The molecule has 4 heteroatoms. The maximum absolute atomic E-state index is 5.88. The van der Waals surface area contributed by atoms with E-state index in [0.717, 1.165) is 34.0 Å². The highest BCUT2D eigenvalue weighted by atomic mass is 16.5. The predicted octanol–water partition coefficient (Wildman–Crippen LogP) is 3.90. The summed E-state index contributed by atoms with van der Waals surface area (Å²) < 4.78 is 5.84. The summed E-state index contributed by atoms with van der Waals surface area (Å²) >= 11 is 0. The van der Waals surface area contributed by atoms with Gasteiger partial charge in [-0.05, 0) is 56.0 Å². The molecular formula is C16H21N3O. The molecule has 20 heavy (non-hydrogen) atoms. The number of nitrogens with two attached hydrogens (primary N) is 1. The van der Waals surface area contributed by atoms with Crippen LogP contribution in [0.1, 0.15) is 42.3 Å². The Morgan fingerprint density at radius 1 is 1.00 bits per heavy atom. The summed E-state index contributed by atoms with van der Waals surface area (Å²) in [6.45, 7) is 10.1. The summed E-state index contributed by atoms with van der Waals surface area (Å²) in [7, 11) is 0. The number of aryl methyl sites for hydroxylation is 3. The predicted molar refractivity (Wildman–Crippen MR) is 81.3 cm³/mol. The third-order valence-corrected chi connectivity index (χ3v) is 3.21. The number of rotatable bonds is 3. The van der Waals surface area contributed by atoms with Crippen molar-refractivity contribution in [1.82, 2.24) is 9.97 Å². The van der Waals surface area contributed by atoms with Gasteiger partial charge in [0.15, 0.2) is 0 Å². The third kappa shape index (κ3) is 3.07. The molecule has 0 saturated carbocycles. The highest BCUT2D eigenvalue weighted by molar-refractivity contribution is 5.54. The molecule has 0 fully saturated rings. The van der Waals surface area contributed by atoms with E-state index in [2.05, 4.69) is 23.8 Å². The van der Waals surface area contributed by atoms with Crippen LogP contribution in [0.5, 0.6) is 11.8 Å². The highest BCUT2D eigenvalue weighted by Crippen LogP contribution is 2.28. The van der Waals surface area contributed by atoms with E-state index in [4.69, 9.17) is 10.5 Å². The zero-order chi connectivity index (χ0) is 14.9. The van der Waals surface area contributed by atoms with E-state index < -0.39 is 0 Å². The Bertz CT molecular complexity index is 636. The van der Waals surface area contributed by atoms with Crippen LogP contribution in [0.3, 0.4) is 0 Å². The highest BCUT2D eigenvalue weighted by Gasteiger charge is 2.10. The number of nitrogen functional groups attached to an aromatic ring is 1. The fraction of sp³-hybridized carbons (Fsp3) is 0.375. The molecule has 0 aliphatic rings. The molecule has 1 heterocycles. The van der Waals surface area contributed by atoms with Crippen LogP contribution in [0, 0.1) is 20.8 Å². The number of anilines is 1. The third-order valence-electron chi connectivity index (χ3n) is 3.21. The minimum absolute atomic E-state index is 0.341. The summed E-state index contributed by atoms with van der Waals surface area (Å²) in [5, 5.41) is 0. The molecule has 0 atom stereocenters. The SMILES string of the molecule is Cc1cc(C(C)C)nc(Oc2cc(C)c(N)cc2C)n1. The number of benzene rings is 1. The smallest absolute Gasteiger partial charge is 0.322 e. The second-order valence-corrected chi connectivity index (χ2v) is 5.45. The first-order chi connectivity index (χ1) is 9.36. The van der Waals surface area contributed by atoms with Crippen LogP contribution >= 0.6 is 0 Å². The molecule has 0 amide bonds. The first-order valence-electron chi connectivity index (χ1n) is 6.77. The van der Waals surface area contributed by atoms with Gasteiger partial charge in [0.25, 0.3) is 0 Å². The molecule has 0 spiro atoms. The Morgan fingerprint density at radius 2 is 1.70 bits per heavy atom. The lowest BCUT2D eigenvalue weighted by molar-refractivity contribution is 0.433. The van der Waals surface area contributed by atoms with E-state index in [0.29, 0.717) is 11.9 Å². The Hall–Kier alpha value is -2.10. The molecule has 0 unspecified atom stereocenters. The fourth-order valence-corrected chi connectivity index (χ4v) is 1.93. The van der Waals surface area contributed by atoms with Gasteiger partial charge in [-0.25, -0.2) is 4.98 Å². The molecule has 0 aliphatic heterocycles. The second kappa shape index (κ2) is 5.49. The van der Waals surface area contributed by atoms with Crippen LogP contribution in [-0.4, -0.2) is 9.97 Å². The number of hydrogen-bond donors (Lipinski definition) is 1. The van der Waals surface area contributed by atoms with Gasteiger partial charge in [0.05, 0.1) is 5.69 Å². The summed E-state index contributed by atoms with van der Waals surface area (Å²) in [5.41, 5.74) is 10.5. The van der Waals surface area contributed by atoms with E-state index in [-0.39, 0.29) is 0 Å². The molecule has 0 saturated heterocycles. The Morgan fingerprint density at radius 3 is 2.35 bits per heavy atom. The zero-order valence-corrected chi connectivity index (χ0v) is 12.7. The van der Waals surface area contributed by atoms with Crippen LogP contribution in [0.15, 0.2) is 18.2 Å². The Kier molecular flexibility index (Phi) is 3.93. The first-order valence-corrected chi connectivity index (χ1v) is 6.77. The lowest BCUT2D eigenvalue weighted by Crippen LogP contribution is -2.01. The van der Waals surface area contributed by atoms with Crippen molar-refractivity contribution in [3.05, 3.63) is 40.7 Å². The normalized spacial score (nSPS) is 10.9. The molecule has 2 aromatic rings. The average molecular weight is 271 g/mol. The molecule has 0 aliphatic carbocycles. The molecule has 1 aromatic carbocycles. The Labute approximate surface area is 120 Å². The maximum Gasteiger partial charge on any atom is 0.322 e. The van der Waals surface area contributed by atoms with Gasteiger partial charge in [0.1, 0.15) is 5.75 Å². The zero-order valence-electron chi connectivity index (χ0n) is 12.7. The lowest BCUT2D eigenvalue weighted by Gasteiger charge is -2.12. The Balaban J connectivity index is 2.37. The molecule has 2 rings (SSSR count). The topological polar surface area (TPSA) is 61.0 Å². The summed E-state index contributed by atoms with van der Waals surface area (Å²) in [6, 6.07) is 6.20. The number of aromatic nitrogens is 2. The monoisotopic (exact) mass is 271 g/mol. The van der Waals surface area contributed by atoms with Gasteiger partial charge in [0.2, 0.25) is 0 Å². The van der Waals surface area contributed by atoms with E-state index in [1.54, 1.807) is 0 Å². The van der Waals surface area contributed by atoms with Crippen molar-refractivity contribution in [2.24, 2.45) is 0 Å². The molecule has 0 radical (unpaired) electrons. The van der Waals surface area contributed by atoms with E-state index >= 15 is 0 Å². The summed E-state index contributed by atoms with van der Waals surface area (Å²) in [5.74, 6) is 1.09. The van der Waals surface area contributed by atoms with Crippen molar-refractivity contribution in [1.29, 1.82) is 0 Å². The van der Waals surface area contributed by atoms with Gasteiger partial charge >= 0.3 is 6.01 Å². The minimum atomic E-state index is 0.341. The quantitative estimate of drug-likeness (QED) is 0.860. The van der Waals surface area contributed by atoms with Crippen molar-refractivity contribution in [2.75, 3.05) is 5.73 Å². The summed E-state index contributed by atoms with van der Waals surface area (Å²) in [6.07, 6.45) is 0. The van der Waals surface area contributed by atoms with Crippen molar-refractivity contribution in [3.63, 3.8) is 0 Å². The van der Waals surface area contributed by atoms with Crippen molar-refractivity contribution >= 4 is 5.69 Å². The molecule has 4 nitrogen and oxygen atoms in total. The van der Waals surface area contributed by atoms with Crippen molar-refractivity contribution in [2.45, 2.75) is 40.5 Å². The number of nitrogens with zero attached hydrogens (tertiary/aromatic N) is 2. The standard InChI is InChI=1S/C16H21N3O/c1-9(2)14-8-12(5)18-16(19-14)20-15-7-10(3)13(17)6-11(15)4/h6-9H,17H2,1-5H3. The summed E-state index contributed by atoms with van der Waals surface area (Å²) in [4.78, 5) is 8.80. The average Bonchev–Trinajstić information content (AvgIpc) is 2.35. The minimum Gasteiger partial charge on any atom is -0.424 e. The van der Waals surface area contributed by atoms with Crippen LogP contribution in [-0.2, 0) is 0 Å². The van der Waals surface area contributed by atoms with E-state index in [1.807, 2.05) is 39.0 Å². The molecule has 1 aromatic heterocycles. The molecular weight excluding hydrogens is 250 g/mol. The van der Waals surface area contributed by atoms with Crippen molar-refractivity contribution < 1.29 is 4.74 Å². The van der Waals surface area contributed by atoms with Gasteiger partial charge in [-0.15, -0.1) is 0 Å². The second-order valence-electron chi connectivity index (χ2n) is 5.45. The van der Waals surface area contributed by atoms with Gasteiger partial charge in [-0.1, -0.05) is 13.8 Å². The van der Waals surface area contributed by atoms with Crippen LogP contribution in [0.4, 0.5) is 5.69 Å². The first kappa shape index (κ1) is 14.3. The van der Waals surface area contributed by atoms with E-state index in [1.165, 1.54) is 0 Å². The molecule has 2 N–H and O–H groups in total. The fourth-order valence-electron chi connectivity index (χ4n) is 1.93. The molecule has 106 valence electrons. The van der Waals surface area contributed by atoms with Gasteiger partial charge in [0, 0.05) is 11.4 Å². The van der Waals surface area contributed by atoms with Crippen LogP contribution < -0.4 is 10.5 Å². The number of hydrogen-bond acceptors (Lipinski definition) is 4. The largest absolute Gasteiger partial charge is 0.424 e. The lowest BCUT2D eigenvalue weighted by atomic mass is 10.1. The number of ether oxygens (including phenoxy) is 1. The van der Waals surface area contributed by atoms with Gasteiger partial charge in [-0.2, -0.15) is 4.98 Å².